The number of ether oxygens (including phenoxy) is 3. The van der Waals surface area contributed by atoms with Crippen LogP contribution in [0, 0.1) is 20.8 Å². The summed E-state index contributed by atoms with van der Waals surface area (Å²) < 4.78 is 15.7. The molecular weight excluding hydrogens is 394 g/mol. The molecule has 2 aromatic rings. The number of carbonyl (C=O) groups excluding carboxylic acids is 3. The number of aryl methyl sites for hydroxylation is 2. The van der Waals surface area contributed by atoms with Gasteiger partial charge in [-0.25, -0.2) is 9.59 Å². The van der Waals surface area contributed by atoms with Crippen LogP contribution in [0.15, 0.2) is 18.2 Å². The summed E-state index contributed by atoms with van der Waals surface area (Å²) in [5, 5.41) is 2.89. The monoisotopic (exact) mass is 419 g/mol. The molecule has 1 N–H and O–H groups in total. The molecule has 0 radical (unpaired) electrons. The average molecular weight is 419 g/mol. The Morgan fingerprint density at radius 2 is 1.52 bits per heavy atom. The smallest absolute Gasteiger partial charge is 0.348 e. The molecule has 156 valence electrons. The number of amides is 1. The van der Waals surface area contributed by atoms with Crippen LogP contribution in [0.3, 0.4) is 0 Å². The number of thiophene rings is 1. The van der Waals surface area contributed by atoms with Crippen molar-refractivity contribution in [2.45, 2.75) is 34.6 Å². The molecule has 1 heterocycles. The number of carbonyl (C=O) groups is 3. The molecule has 8 heteroatoms. The molecule has 0 saturated heterocycles. The summed E-state index contributed by atoms with van der Waals surface area (Å²) in [6.45, 7) is 9.02. The highest BCUT2D eigenvalue weighted by Crippen LogP contribution is 2.34. The predicted octanol–water partition coefficient (Wildman–Crippen LogP) is 4.04. The topological polar surface area (TPSA) is 90.9 Å². The molecule has 1 aromatic carbocycles. The summed E-state index contributed by atoms with van der Waals surface area (Å²) in [5.41, 5.74) is 2.62. The molecule has 0 aliphatic carbocycles. The van der Waals surface area contributed by atoms with Crippen molar-refractivity contribution >= 4 is 34.2 Å². The Hall–Kier alpha value is -2.87. The molecule has 0 atom stereocenters. The van der Waals surface area contributed by atoms with E-state index in [1.165, 1.54) is 0 Å². The molecule has 2 rings (SSSR count). The maximum Gasteiger partial charge on any atom is 0.348 e. The Labute approximate surface area is 174 Å². The summed E-state index contributed by atoms with van der Waals surface area (Å²) in [6.07, 6.45) is 0. The fourth-order valence-corrected chi connectivity index (χ4v) is 3.87. The molecule has 0 aliphatic heterocycles. The molecular formula is C21H25NO6S. The van der Waals surface area contributed by atoms with Gasteiger partial charge in [0.15, 0.2) is 6.61 Å². The van der Waals surface area contributed by atoms with Crippen LogP contribution in [0.25, 0.3) is 0 Å². The largest absolute Gasteiger partial charge is 0.484 e. The minimum atomic E-state index is -0.609. The maximum atomic E-state index is 12.4. The van der Waals surface area contributed by atoms with Crippen LogP contribution in [0.1, 0.15) is 50.6 Å². The second-order valence-corrected chi connectivity index (χ2v) is 7.38. The van der Waals surface area contributed by atoms with E-state index in [1.54, 1.807) is 20.8 Å². The van der Waals surface area contributed by atoms with E-state index in [0.717, 1.165) is 22.5 Å². The van der Waals surface area contributed by atoms with E-state index < -0.39 is 17.8 Å². The van der Waals surface area contributed by atoms with Crippen LogP contribution in [0.2, 0.25) is 0 Å². The first-order valence-corrected chi connectivity index (χ1v) is 10.1. The molecule has 1 aromatic heterocycles. The van der Waals surface area contributed by atoms with Gasteiger partial charge in [-0.15, -0.1) is 11.3 Å². The third-order valence-corrected chi connectivity index (χ3v) is 5.09. The van der Waals surface area contributed by atoms with E-state index >= 15 is 0 Å². The zero-order chi connectivity index (χ0) is 21.6. The van der Waals surface area contributed by atoms with Gasteiger partial charge in [0.1, 0.15) is 15.6 Å². The van der Waals surface area contributed by atoms with E-state index in [4.69, 9.17) is 14.2 Å². The second-order valence-electron chi connectivity index (χ2n) is 6.36. The molecule has 0 fully saturated rings. The number of esters is 2. The summed E-state index contributed by atoms with van der Waals surface area (Å²) in [6, 6.07) is 5.67. The highest BCUT2D eigenvalue weighted by Gasteiger charge is 2.27. The van der Waals surface area contributed by atoms with E-state index in [1.807, 2.05) is 32.0 Å². The fourth-order valence-electron chi connectivity index (χ4n) is 2.77. The summed E-state index contributed by atoms with van der Waals surface area (Å²) >= 11 is 0.980. The van der Waals surface area contributed by atoms with Crippen molar-refractivity contribution in [3.05, 3.63) is 45.3 Å². The summed E-state index contributed by atoms with van der Waals surface area (Å²) in [4.78, 5) is 37.2. The lowest BCUT2D eigenvalue weighted by molar-refractivity contribution is -0.118. The SMILES string of the molecule is CCOC(=O)c1sc(NC(=O)COc2cc(C)cc(C)c2)c(C(=O)OCC)c1C. The molecule has 0 saturated carbocycles. The van der Waals surface area contributed by atoms with Crippen LogP contribution in [0.4, 0.5) is 5.00 Å². The van der Waals surface area contributed by atoms with Crippen molar-refractivity contribution in [2.24, 2.45) is 0 Å². The number of anilines is 1. The maximum absolute atomic E-state index is 12.4. The van der Waals surface area contributed by atoms with Crippen LogP contribution >= 0.6 is 11.3 Å². The van der Waals surface area contributed by atoms with Crippen molar-refractivity contribution in [1.82, 2.24) is 0 Å². The standard InChI is InChI=1S/C21H25NO6S/c1-6-26-20(24)17-14(5)18(21(25)27-7-2)29-19(17)22-16(23)11-28-15-9-12(3)8-13(4)10-15/h8-10H,6-7,11H2,1-5H3,(H,22,23). The lowest BCUT2D eigenvalue weighted by atomic mass is 10.1. The number of rotatable bonds is 8. The Balaban J connectivity index is 2.20. The van der Waals surface area contributed by atoms with Crippen LogP contribution in [-0.2, 0) is 14.3 Å². The average Bonchev–Trinajstić information content (AvgIpc) is 2.95. The van der Waals surface area contributed by atoms with Crippen LogP contribution < -0.4 is 10.1 Å². The first-order valence-electron chi connectivity index (χ1n) is 9.25. The number of nitrogens with one attached hydrogen (secondary N) is 1. The molecule has 0 spiro atoms. The minimum Gasteiger partial charge on any atom is -0.484 e. The van der Waals surface area contributed by atoms with Gasteiger partial charge in [0.25, 0.3) is 5.91 Å². The summed E-state index contributed by atoms with van der Waals surface area (Å²) in [7, 11) is 0. The number of hydrogen-bond donors (Lipinski definition) is 1. The lowest BCUT2D eigenvalue weighted by Gasteiger charge is -2.09. The Morgan fingerprint density at radius 1 is 0.931 bits per heavy atom. The third kappa shape index (κ3) is 5.80. The van der Waals surface area contributed by atoms with E-state index in [9.17, 15) is 14.4 Å². The van der Waals surface area contributed by atoms with Crippen molar-refractivity contribution < 1.29 is 28.6 Å². The molecule has 0 unspecified atom stereocenters. The minimum absolute atomic E-state index is 0.152. The zero-order valence-corrected chi connectivity index (χ0v) is 18.0. The highest BCUT2D eigenvalue weighted by atomic mass is 32.1. The van der Waals surface area contributed by atoms with Gasteiger partial charge in [-0.2, -0.15) is 0 Å². The predicted molar refractivity (Wildman–Crippen MR) is 111 cm³/mol. The number of benzene rings is 1. The first-order chi connectivity index (χ1) is 13.8. The molecule has 0 aliphatic rings. The van der Waals surface area contributed by atoms with E-state index in [-0.39, 0.29) is 35.3 Å². The molecule has 1 amide bonds. The van der Waals surface area contributed by atoms with E-state index in [0.29, 0.717) is 11.3 Å². The fraction of sp³-hybridized carbons (Fsp3) is 0.381. The van der Waals surface area contributed by atoms with Gasteiger partial charge in [0.05, 0.1) is 18.8 Å². The zero-order valence-electron chi connectivity index (χ0n) is 17.2. The normalized spacial score (nSPS) is 10.4. The van der Waals surface area contributed by atoms with Crippen molar-refractivity contribution in [2.75, 3.05) is 25.1 Å². The lowest BCUT2D eigenvalue weighted by Crippen LogP contribution is -2.21. The third-order valence-electron chi connectivity index (χ3n) is 3.91. The quantitative estimate of drug-likeness (QED) is 0.649. The number of hydrogen-bond acceptors (Lipinski definition) is 7. The van der Waals surface area contributed by atoms with Crippen molar-refractivity contribution in [3.8, 4) is 5.75 Å². The Kier molecular flexibility index (Phi) is 7.78. The van der Waals surface area contributed by atoms with Gasteiger partial charge in [-0.1, -0.05) is 6.07 Å². The highest BCUT2D eigenvalue weighted by molar-refractivity contribution is 7.18. The van der Waals surface area contributed by atoms with Crippen LogP contribution in [-0.4, -0.2) is 37.7 Å². The Morgan fingerprint density at radius 3 is 2.10 bits per heavy atom. The van der Waals surface area contributed by atoms with Gasteiger partial charge >= 0.3 is 11.9 Å². The van der Waals surface area contributed by atoms with Gasteiger partial charge in [-0.05, 0) is 63.4 Å². The summed E-state index contributed by atoms with van der Waals surface area (Å²) in [5.74, 6) is -1.03. The van der Waals surface area contributed by atoms with Crippen LogP contribution in [0.5, 0.6) is 5.75 Å². The second kappa shape index (κ2) is 10.1. The van der Waals surface area contributed by atoms with Crippen molar-refractivity contribution in [3.63, 3.8) is 0 Å². The van der Waals surface area contributed by atoms with Gasteiger partial charge in [-0.3, -0.25) is 4.79 Å². The van der Waals surface area contributed by atoms with E-state index in [2.05, 4.69) is 5.32 Å². The molecule has 7 nitrogen and oxygen atoms in total. The molecule has 29 heavy (non-hydrogen) atoms. The van der Waals surface area contributed by atoms with Crippen molar-refractivity contribution in [1.29, 1.82) is 0 Å². The van der Waals surface area contributed by atoms with Gasteiger partial charge < -0.3 is 19.5 Å². The molecule has 0 bridgehead atoms. The van der Waals surface area contributed by atoms with Gasteiger partial charge in [0, 0.05) is 0 Å². The Bertz CT molecular complexity index is 898. The van der Waals surface area contributed by atoms with Gasteiger partial charge in [0.2, 0.25) is 0 Å². The first kappa shape index (κ1) is 22.4.